The average Bonchev–Trinajstić information content (AvgIpc) is 3.86. The molecule has 6 aromatic rings. The first-order valence-corrected chi connectivity index (χ1v) is 27.5. The van der Waals surface area contributed by atoms with Gasteiger partial charge in [-0.25, -0.2) is 17.2 Å². The quantitative estimate of drug-likeness (QED) is 0.108. The largest absolute Gasteiger partial charge is 0.350 e. The molecule has 19 nitrogen and oxygen atoms in total. The summed E-state index contributed by atoms with van der Waals surface area (Å²) in [6, 6.07) is 22.9. The van der Waals surface area contributed by atoms with Gasteiger partial charge in [-0.05, 0) is 52.0 Å². The maximum absolute atomic E-state index is 14.0. The number of hydrogen-bond acceptors (Lipinski definition) is 13. The number of benzene rings is 4. The Bertz CT molecular complexity index is 3210. The van der Waals surface area contributed by atoms with Crippen molar-refractivity contribution in [1.29, 1.82) is 0 Å². The van der Waals surface area contributed by atoms with Crippen LogP contribution in [0.5, 0.6) is 0 Å². The molecule has 0 atom stereocenters. The Morgan fingerprint density at radius 3 is 1.56 bits per heavy atom. The van der Waals surface area contributed by atoms with Gasteiger partial charge in [0, 0.05) is 47.1 Å². The van der Waals surface area contributed by atoms with Crippen LogP contribution in [0, 0.1) is 11.6 Å². The molecule has 4 aromatic carbocycles. The molecule has 71 heavy (non-hydrogen) atoms. The summed E-state index contributed by atoms with van der Waals surface area (Å²) in [6.07, 6.45) is 2.28. The van der Waals surface area contributed by atoms with E-state index in [0.717, 1.165) is 21.2 Å². The number of aromatic amines is 1. The molecule has 0 radical (unpaired) electrons. The maximum Gasteiger partial charge on any atom is 0.278 e. The SMILES string of the molecule is CC(C)N(CC(=O)NCc1cccc(Cl)c1F)C(=O)Cc1[nH]nc2ccccc12.CC(C)N(CC(=O)NCc1cccc(Cl)c1F)C(=O)Cc1nn(S(C)(=O)=O)c2ccccc12.CS(=O)(=O)OS(C)(=O)=O. The van der Waals surface area contributed by atoms with E-state index in [4.69, 9.17) is 23.2 Å². The van der Waals surface area contributed by atoms with Crippen LogP contribution in [0.2, 0.25) is 10.0 Å². The Morgan fingerprint density at radius 1 is 0.662 bits per heavy atom. The van der Waals surface area contributed by atoms with Crippen LogP contribution >= 0.6 is 23.2 Å². The van der Waals surface area contributed by atoms with E-state index in [0.29, 0.717) is 34.8 Å². The van der Waals surface area contributed by atoms with Gasteiger partial charge in [-0.2, -0.15) is 31.1 Å². The summed E-state index contributed by atoms with van der Waals surface area (Å²) in [4.78, 5) is 53.5. The minimum absolute atomic E-state index is 0.00233. The lowest BCUT2D eigenvalue weighted by molar-refractivity contribution is -0.137. The number of H-pyrrole nitrogens is 1. The zero-order valence-corrected chi connectivity index (χ0v) is 43.4. The second-order valence-corrected chi connectivity index (χ2v) is 22.3. The van der Waals surface area contributed by atoms with Crippen LogP contribution in [0.1, 0.15) is 50.2 Å². The lowest BCUT2D eigenvalue weighted by Gasteiger charge is -2.26. The van der Waals surface area contributed by atoms with Crippen molar-refractivity contribution in [2.45, 2.75) is 65.7 Å². The zero-order chi connectivity index (χ0) is 53.0. The summed E-state index contributed by atoms with van der Waals surface area (Å²) >= 11 is 11.5. The van der Waals surface area contributed by atoms with Crippen LogP contribution in [-0.2, 0) is 79.0 Å². The van der Waals surface area contributed by atoms with Crippen molar-refractivity contribution < 1.29 is 56.8 Å². The predicted molar refractivity (Wildman–Crippen MR) is 264 cm³/mol. The third-order valence-corrected chi connectivity index (χ3v) is 13.4. The number of carbonyl (C=O) groups is 4. The Hall–Kier alpha value is -6.05. The van der Waals surface area contributed by atoms with Gasteiger partial charge in [0.15, 0.2) is 0 Å². The van der Waals surface area contributed by atoms with Gasteiger partial charge in [0.05, 0.1) is 77.2 Å². The highest BCUT2D eigenvalue weighted by Crippen LogP contribution is 2.22. The molecule has 26 heteroatoms. The van der Waals surface area contributed by atoms with Crippen LogP contribution in [0.3, 0.4) is 0 Å². The maximum atomic E-state index is 14.0. The van der Waals surface area contributed by atoms with Crippen LogP contribution < -0.4 is 10.6 Å². The standard InChI is InChI=1S/C22H24ClFN4O4S.C21H22ClFN4O2.C2H6O5S2/c1-14(2)27(13-20(29)25-12-15-7-6-9-17(23)22(15)24)21(30)11-18-16-8-4-5-10-19(16)28(26-18)33(3,31)32;1-13(2)27(12-19(28)24-11-14-6-5-8-16(22)21(14)23)20(29)10-18-15-7-3-4-9-17(15)25-26-18;1-8(3,4)7-9(2,5)6/h4-10,14H,11-13H2,1-3H3,(H,25,29);3-9,13H,10-12H2,1-2H3,(H,24,28)(H,25,26);1-2H3. The zero-order valence-electron chi connectivity index (χ0n) is 39.4. The summed E-state index contributed by atoms with van der Waals surface area (Å²) in [6.45, 7) is 6.75. The van der Waals surface area contributed by atoms with E-state index < -0.39 is 53.7 Å². The first kappa shape index (κ1) is 57.5. The molecule has 0 aliphatic carbocycles. The Morgan fingerprint density at radius 2 is 1.11 bits per heavy atom. The fourth-order valence-electron chi connectivity index (χ4n) is 6.65. The number of fused-ring (bicyclic) bond motifs is 2. The number of nitrogens with zero attached hydrogens (tertiary/aromatic N) is 5. The molecule has 0 saturated carbocycles. The molecule has 2 heterocycles. The highest BCUT2D eigenvalue weighted by molar-refractivity contribution is 7.99. The lowest BCUT2D eigenvalue weighted by Crippen LogP contribution is -2.45. The highest BCUT2D eigenvalue weighted by Gasteiger charge is 2.25. The van der Waals surface area contributed by atoms with Gasteiger partial charge >= 0.3 is 0 Å². The average molecular weight is 1090 g/mol. The van der Waals surface area contributed by atoms with E-state index in [-0.39, 0.29) is 84.1 Å². The molecule has 0 bridgehead atoms. The number of hydrogen-bond donors (Lipinski definition) is 3. The van der Waals surface area contributed by atoms with Crippen molar-refractivity contribution in [2.75, 3.05) is 31.9 Å². The number of halogens is 4. The smallest absolute Gasteiger partial charge is 0.278 e. The fourth-order valence-corrected chi connectivity index (χ4v) is 9.60. The number of para-hydroxylation sites is 2. The number of nitrogens with one attached hydrogen (secondary N) is 3. The molecule has 0 spiro atoms. The van der Waals surface area contributed by atoms with E-state index in [1.165, 1.54) is 28.0 Å². The van der Waals surface area contributed by atoms with Gasteiger partial charge < -0.3 is 20.4 Å². The molecule has 0 unspecified atom stereocenters. The van der Waals surface area contributed by atoms with E-state index in [1.807, 2.05) is 38.1 Å². The summed E-state index contributed by atoms with van der Waals surface area (Å²) in [5.74, 6) is -2.60. The minimum atomic E-state index is -3.87. The predicted octanol–water partition coefficient (Wildman–Crippen LogP) is 5.11. The van der Waals surface area contributed by atoms with E-state index >= 15 is 0 Å². The van der Waals surface area contributed by atoms with Gasteiger partial charge in [-0.15, -0.1) is 3.63 Å². The van der Waals surface area contributed by atoms with Crippen molar-refractivity contribution in [2.24, 2.45) is 0 Å². The number of amides is 4. The molecule has 0 aliphatic rings. The van der Waals surface area contributed by atoms with Crippen molar-refractivity contribution in [3.63, 3.8) is 0 Å². The first-order chi connectivity index (χ1) is 33.1. The number of carbonyl (C=O) groups excluding carboxylic acids is 4. The lowest BCUT2D eigenvalue weighted by atomic mass is 10.1. The third-order valence-electron chi connectivity index (χ3n) is 9.91. The van der Waals surface area contributed by atoms with Crippen LogP contribution in [0.25, 0.3) is 21.8 Å². The topological polar surface area (TPSA) is 257 Å². The molecule has 384 valence electrons. The molecule has 0 saturated heterocycles. The summed E-state index contributed by atoms with van der Waals surface area (Å²) < 4.78 is 96.8. The van der Waals surface area contributed by atoms with Gasteiger partial charge in [0.25, 0.3) is 30.3 Å². The number of rotatable bonds is 17. The Balaban J connectivity index is 0.000000265. The molecule has 0 fully saturated rings. The van der Waals surface area contributed by atoms with E-state index in [9.17, 15) is 53.2 Å². The highest BCUT2D eigenvalue weighted by atomic mass is 35.5. The van der Waals surface area contributed by atoms with Crippen LogP contribution in [-0.4, -0.2) is 122 Å². The minimum Gasteiger partial charge on any atom is -0.350 e. The van der Waals surface area contributed by atoms with E-state index in [1.54, 1.807) is 56.3 Å². The monoisotopic (exact) mass is 1080 g/mol. The molecule has 3 N–H and O–H groups in total. The van der Waals surface area contributed by atoms with Crippen LogP contribution in [0.15, 0.2) is 84.9 Å². The molecule has 6 rings (SSSR count). The first-order valence-electron chi connectivity index (χ1n) is 21.2. The van der Waals surface area contributed by atoms with Crippen LogP contribution in [0.4, 0.5) is 8.78 Å². The Labute approximate surface area is 420 Å². The van der Waals surface area contributed by atoms with Gasteiger partial charge in [0.1, 0.15) is 11.6 Å². The van der Waals surface area contributed by atoms with Crippen molar-refractivity contribution in [1.82, 2.24) is 39.8 Å². The van der Waals surface area contributed by atoms with Gasteiger partial charge in [-0.1, -0.05) is 83.9 Å². The molecule has 0 aliphatic heterocycles. The fraction of sp³-hybridized carbons (Fsp3) is 0.333. The van der Waals surface area contributed by atoms with E-state index in [2.05, 4.69) is 29.6 Å². The molecular formula is C45H52Cl2F2N8O11S3. The number of aromatic nitrogens is 4. The van der Waals surface area contributed by atoms with Gasteiger partial charge in [0.2, 0.25) is 23.6 Å². The summed E-state index contributed by atoms with van der Waals surface area (Å²) in [5, 5.41) is 17.9. The third kappa shape index (κ3) is 17.3. The Kier molecular flexibility index (Phi) is 20.1. The normalized spacial score (nSPS) is 11.7. The van der Waals surface area contributed by atoms with Crippen molar-refractivity contribution >= 4 is 98.9 Å². The molecule has 4 amide bonds. The second-order valence-electron chi connectivity index (χ2n) is 16.3. The second kappa shape index (κ2) is 24.9. The molecular weight excluding hydrogens is 1030 g/mol. The summed E-state index contributed by atoms with van der Waals surface area (Å²) in [7, 11) is -11.4. The van der Waals surface area contributed by atoms with Gasteiger partial charge in [-0.3, -0.25) is 24.3 Å². The van der Waals surface area contributed by atoms with Crippen molar-refractivity contribution in [3.05, 3.63) is 129 Å². The molecule has 2 aromatic heterocycles. The van der Waals surface area contributed by atoms with Crippen molar-refractivity contribution in [3.8, 4) is 0 Å². The summed E-state index contributed by atoms with van der Waals surface area (Å²) in [5.41, 5.74) is 2.69.